The van der Waals surface area contributed by atoms with Crippen LogP contribution in [-0.2, 0) is 0 Å². The van der Waals surface area contributed by atoms with E-state index in [1.54, 1.807) is 12.4 Å². The van der Waals surface area contributed by atoms with E-state index in [4.69, 9.17) is 5.73 Å². The Morgan fingerprint density at radius 2 is 2.27 bits per heavy atom. The second-order valence-electron chi connectivity index (χ2n) is 2.75. The standard InChI is InChI=1S/C8H7BrN4S2/c1-4-12-8(15-13-4)14-7-5(9)2-11-3-6(7)10/h2-3H,10H2,1H3. The van der Waals surface area contributed by atoms with Crippen molar-refractivity contribution in [3.05, 3.63) is 22.7 Å². The summed E-state index contributed by atoms with van der Waals surface area (Å²) >= 11 is 6.27. The van der Waals surface area contributed by atoms with Crippen molar-refractivity contribution in [2.75, 3.05) is 5.73 Å². The summed E-state index contributed by atoms with van der Waals surface area (Å²) in [5.74, 6) is 0.784. The van der Waals surface area contributed by atoms with E-state index in [-0.39, 0.29) is 0 Å². The lowest BCUT2D eigenvalue weighted by Crippen LogP contribution is -1.90. The lowest BCUT2D eigenvalue weighted by molar-refractivity contribution is 1.10. The molecule has 4 nitrogen and oxygen atoms in total. The molecule has 0 fully saturated rings. The Kier molecular flexibility index (Phi) is 3.22. The van der Waals surface area contributed by atoms with Crippen LogP contribution in [-0.4, -0.2) is 14.3 Å². The number of nitrogens with two attached hydrogens (primary N) is 1. The van der Waals surface area contributed by atoms with E-state index in [2.05, 4.69) is 30.3 Å². The van der Waals surface area contributed by atoms with Gasteiger partial charge in [-0.3, -0.25) is 4.98 Å². The highest BCUT2D eigenvalue weighted by Gasteiger charge is 2.09. The van der Waals surface area contributed by atoms with E-state index in [0.29, 0.717) is 5.69 Å². The van der Waals surface area contributed by atoms with Crippen LogP contribution < -0.4 is 5.73 Å². The first-order valence-corrected chi connectivity index (χ1v) is 6.42. The van der Waals surface area contributed by atoms with E-state index in [9.17, 15) is 0 Å². The van der Waals surface area contributed by atoms with Gasteiger partial charge in [-0.05, 0) is 34.4 Å². The highest BCUT2D eigenvalue weighted by molar-refractivity contribution is 9.10. The molecule has 7 heteroatoms. The van der Waals surface area contributed by atoms with E-state index < -0.39 is 0 Å². The normalized spacial score (nSPS) is 10.5. The van der Waals surface area contributed by atoms with Crippen LogP contribution in [0.25, 0.3) is 0 Å². The SMILES string of the molecule is Cc1nsc(Sc2c(N)cncc2Br)n1. The molecule has 2 N–H and O–H groups in total. The molecule has 2 aromatic rings. The van der Waals surface area contributed by atoms with Gasteiger partial charge in [0.25, 0.3) is 0 Å². The highest BCUT2D eigenvalue weighted by Crippen LogP contribution is 2.37. The lowest BCUT2D eigenvalue weighted by Gasteiger charge is -2.03. The van der Waals surface area contributed by atoms with Crippen molar-refractivity contribution in [1.82, 2.24) is 14.3 Å². The maximum atomic E-state index is 5.82. The number of nitrogens with zero attached hydrogens (tertiary/aromatic N) is 3. The van der Waals surface area contributed by atoms with Gasteiger partial charge in [0.1, 0.15) is 5.82 Å². The number of aryl methyl sites for hydroxylation is 1. The second kappa shape index (κ2) is 4.46. The Morgan fingerprint density at radius 3 is 2.87 bits per heavy atom. The maximum absolute atomic E-state index is 5.82. The molecule has 0 aliphatic rings. The predicted molar refractivity (Wildman–Crippen MR) is 65.1 cm³/mol. The van der Waals surface area contributed by atoms with Crippen LogP contribution in [0, 0.1) is 6.92 Å². The van der Waals surface area contributed by atoms with Gasteiger partial charge in [0.2, 0.25) is 0 Å². The maximum Gasteiger partial charge on any atom is 0.174 e. The Bertz CT molecular complexity index is 465. The average molecular weight is 303 g/mol. The Hall–Kier alpha value is -0.660. The monoisotopic (exact) mass is 302 g/mol. The zero-order valence-corrected chi connectivity index (χ0v) is 11.0. The molecule has 0 aliphatic heterocycles. The summed E-state index contributed by atoms with van der Waals surface area (Å²) in [5, 5.41) is 0. The Morgan fingerprint density at radius 1 is 1.47 bits per heavy atom. The molecular weight excluding hydrogens is 296 g/mol. The predicted octanol–water partition coefficient (Wildman–Crippen LogP) is 2.74. The minimum Gasteiger partial charge on any atom is -0.397 e. The fourth-order valence-corrected chi connectivity index (χ4v) is 3.15. The van der Waals surface area contributed by atoms with Gasteiger partial charge in [0, 0.05) is 6.20 Å². The first kappa shape index (κ1) is 10.8. The molecule has 0 amide bonds. The van der Waals surface area contributed by atoms with Crippen LogP contribution in [0.3, 0.4) is 0 Å². The molecule has 0 atom stereocenters. The number of hydrogen-bond acceptors (Lipinski definition) is 6. The molecule has 15 heavy (non-hydrogen) atoms. The molecule has 2 rings (SSSR count). The van der Waals surface area contributed by atoms with Crippen LogP contribution in [0.1, 0.15) is 5.82 Å². The average Bonchev–Trinajstić information content (AvgIpc) is 2.58. The van der Waals surface area contributed by atoms with E-state index >= 15 is 0 Å². The number of rotatable bonds is 2. The number of nitrogen functional groups attached to an aromatic ring is 1. The van der Waals surface area contributed by atoms with Crippen LogP contribution in [0.15, 0.2) is 26.1 Å². The van der Waals surface area contributed by atoms with Crippen LogP contribution >= 0.6 is 39.2 Å². The zero-order valence-electron chi connectivity index (χ0n) is 7.77. The van der Waals surface area contributed by atoms with Crippen molar-refractivity contribution in [2.45, 2.75) is 16.2 Å². The van der Waals surface area contributed by atoms with Gasteiger partial charge in [0.05, 0.1) is 21.3 Å². The summed E-state index contributed by atoms with van der Waals surface area (Å²) in [6.07, 6.45) is 3.34. The van der Waals surface area contributed by atoms with Gasteiger partial charge >= 0.3 is 0 Å². The van der Waals surface area contributed by atoms with Gasteiger partial charge in [-0.2, -0.15) is 4.37 Å². The summed E-state index contributed by atoms with van der Waals surface area (Å²) in [6.45, 7) is 1.87. The van der Waals surface area contributed by atoms with Gasteiger partial charge in [-0.15, -0.1) is 0 Å². The molecule has 0 spiro atoms. The second-order valence-corrected chi connectivity index (χ2v) is 5.61. The Labute approximate surface area is 104 Å². The molecule has 78 valence electrons. The smallest absolute Gasteiger partial charge is 0.174 e. The van der Waals surface area contributed by atoms with Gasteiger partial charge < -0.3 is 5.73 Å². The molecule has 2 heterocycles. The quantitative estimate of drug-likeness (QED) is 0.924. The minimum atomic E-state index is 0.641. The summed E-state index contributed by atoms with van der Waals surface area (Å²) in [4.78, 5) is 9.17. The van der Waals surface area contributed by atoms with Crippen molar-refractivity contribution in [3.8, 4) is 0 Å². The molecule has 0 aromatic carbocycles. The van der Waals surface area contributed by atoms with E-state index in [1.807, 2.05) is 6.92 Å². The van der Waals surface area contributed by atoms with E-state index in [1.165, 1.54) is 23.3 Å². The van der Waals surface area contributed by atoms with Crippen LogP contribution in [0.2, 0.25) is 0 Å². The summed E-state index contributed by atoms with van der Waals surface area (Å²) in [6, 6.07) is 0. The topological polar surface area (TPSA) is 64.7 Å². The third-order valence-electron chi connectivity index (χ3n) is 1.58. The zero-order chi connectivity index (χ0) is 10.8. The van der Waals surface area contributed by atoms with Gasteiger partial charge in [-0.25, -0.2) is 4.98 Å². The molecule has 0 unspecified atom stereocenters. The summed E-state index contributed by atoms with van der Waals surface area (Å²) < 4.78 is 5.87. The Balaban J connectivity index is 2.31. The van der Waals surface area contributed by atoms with Crippen molar-refractivity contribution < 1.29 is 0 Å². The fraction of sp³-hybridized carbons (Fsp3) is 0.125. The molecule has 0 aliphatic carbocycles. The molecule has 0 bridgehead atoms. The van der Waals surface area contributed by atoms with Crippen molar-refractivity contribution >= 4 is 44.9 Å². The van der Waals surface area contributed by atoms with Crippen molar-refractivity contribution in [1.29, 1.82) is 0 Å². The summed E-state index contributed by atoms with van der Waals surface area (Å²) in [5.41, 5.74) is 6.46. The largest absolute Gasteiger partial charge is 0.397 e. The molecule has 2 aromatic heterocycles. The minimum absolute atomic E-state index is 0.641. The fourth-order valence-electron chi connectivity index (χ4n) is 0.953. The molecular formula is C8H7BrN4S2. The first-order chi connectivity index (χ1) is 7.16. The van der Waals surface area contributed by atoms with Crippen LogP contribution in [0.4, 0.5) is 5.69 Å². The lowest BCUT2D eigenvalue weighted by atomic mass is 10.4. The molecule has 0 radical (unpaired) electrons. The van der Waals surface area contributed by atoms with Crippen molar-refractivity contribution in [3.63, 3.8) is 0 Å². The highest BCUT2D eigenvalue weighted by atomic mass is 79.9. The third-order valence-corrected chi connectivity index (χ3v) is 4.44. The summed E-state index contributed by atoms with van der Waals surface area (Å²) in [7, 11) is 0. The number of pyridine rings is 1. The third kappa shape index (κ3) is 2.47. The number of halogens is 1. The molecule has 0 saturated heterocycles. The van der Waals surface area contributed by atoms with E-state index in [0.717, 1.165) is 19.5 Å². The first-order valence-electron chi connectivity index (χ1n) is 4.04. The number of anilines is 1. The number of hydrogen-bond donors (Lipinski definition) is 1. The van der Waals surface area contributed by atoms with Crippen molar-refractivity contribution in [2.24, 2.45) is 0 Å². The van der Waals surface area contributed by atoms with Gasteiger partial charge in [0.15, 0.2) is 4.34 Å². The van der Waals surface area contributed by atoms with Gasteiger partial charge in [-0.1, -0.05) is 11.8 Å². The van der Waals surface area contributed by atoms with Crippen LogP contribution in [0.5, 0.6) is 0 Å². The number of aromatic nitrogens is 3. The molecule has 0 saturated carbocycles.